The Morgan fingerprint density at radius 2 is 2.50 bits per heavy atom. The third-order valence-electron chi connectivity index (χ3n) is 2.14. The average Bonchev–Trinajstić information content (AvgIpc) is 2.05. The molecule has 10 heavy (non-hydrogen) atoms. The van der Waals surface area contributed by atoms with Crippen molar-refractivity contribution in [1.82, 2.24) is 4.99 Å². The zero-order valence-electron chi connectivity index (χ0n) is 5.96. The molecule has 0 aromatic heterocycles. The van der Waals surface area contributed by atoms with Gasteiger partial charge in [-0.05, 0) is 12.8 Å². The van der Waals surface area contributed by atoms with Gasteiger partial charge in [0.2, 0.25) is 12.8 Å². The summed E-state index contributed by atoms with van der Waals surface area (Å²) in [6.45, 7) is 0.975. The number of fused-ring (bicyclic) bond motifs is 1. The number of nitrogens with zero attached hydrogens (tertiary/aromatic N) is 1. The maximum absolute atomic E-state index is 4.21. The van der Waals surface area contributed by atoms with Gasteiger partial charge in [0, 0.05) is 11.1 Å². The standard InChI is InChI=1S/C9H11N/c1-2-4-9-7-10-6-5-8(9)3-1/h2,4-6,9H,1,3,7H2/q+1. The van der Waals surface area contributed by atoms with Gasteiger partial charge in [0.1, 0.15) is 0 Å². The van der Waals surface area contributed by atoms with E-state index in [4.69, 9.17) is 0 Å². The summed E-state index contributed by atoms with van der Waals surface area (Å²) in [6.07, 6.45) is 11.1. The van der Waals surface area contributed by atoms with Gasteiger partial charge in [0.15, 0.2) is 0 Å². The molecule has 0 saturated carbocycles. The highest BCUT2D eigenvalue weighted by Crippen LogP contribution is 2.23. The van der Waals surface area contributed by atoms with Crippen molar-refractivity contribution in [3.8, 4) is 0 Å². The van der Waals surface area contributed by atoms with Crippen molar-refractivity contribution in [1.29, 1.82) is 0 Å². The van der Waals surface area contributed by atoms with Crippen molar-refractivity contribution >= 4 is 6.21 Å². The molecule has 0 fully saturated rings. The van der Waals surface area contributed by atoms with Crippen LogP contribution >= 0.6 is 0 Å². The molecule has 1 heterocycles. The SMILES string of the molecule is C1=CC2C[N+]=CC=C2CC1. The molecule has 2 rings (SSSR count). The lowest BCUT2D eigenvalue weighted by Gasteiger charge is -2.15. The molecule has 0 aromatic rings. The number of hydrogen-bond donors (Lipinski definition) is 0. The molecule has 1 aliphatic heterocycles. The minimum Gasteiger partial charge on any atom is -0.0874 e. The molecule has 0 saturated heterocycles. The Morgan fingerprint density at radius 1 is 1.50 bits per heavy atom. The summed E-state index contributed by atoms with van der Waals surface area (Å²) >= 11 is 0. The van der Waals surface area contributed by atoms with Crippen LogP contribution in [-0.4, -0.2) is 12.8 Å². The largest absolute Gasteiger partial charge is 0.234 e. The van der Waals surface area contributed by atoms with E-state index in [-0.39, 0.29) is 0 Å². The van der Waals surface area contributed by atoms with Gasteiger partial charge in [-0.1, -0.05) is 17.7 Å². The summed E-state index contributed by atoms with van der Waals surface area (Å²) in [5, 5.41) is 0. The Labute approximate surface area is 61.2 Å². The minimum absolute atomic E-state index is 0.638. The van der Waals surface area contributed by atoms with Gasteiger partial charge in [-0.25, -0.2) is 0 Å². The van der Waals surface area contributed by atoms with Gasteiger partial charge in [-0.3, -0.25) is 0 Å². The molecule has 0 spiro atoms. The van der Waals surface area contributed by atoms with Crippen LogP contribution in [0, 0.1) is 5.92 Å². The maximum Gasteiger partial charge on any atom is 0.234 e. The van der Waals surface area contributed by atoms with E-state index in [1.807, 2.05) is 6.21 Å². The van der Waals surface area contributed by atoms with Gasteiger partial charge in [-0.2, -0.15) is 0 Å². The van der Waals surface area contributed by atoms with E-state index in [1.165, 1.54) is 12.8 Å². The van der Waals surface area contributed by atoms with Crippen LogP contribution in [0.3, 0.4) is 0 Å². The van der Waals surface area contributed by atoms with Crippen LogP contribution in [0.2, 0.25) is 0 Å². The van der Waals surface area contributed by atoms with Gasteiger partial charge in [0.25, 0.3) is 0 Å². The summed E-state index contributed by atoms with van der Waals surface area (Å²) in [5.74, 6) is 0.638. The molecular formula is C9H11N+. The Kier molecular flexibility index (Phi) is 1.42. The highest BCUT2D eigenvalue weighted by molar-refractivity contribution is 5.72. The minimum atomic E-state index is 0.638. The zero-order valence-corrected chi connectivity index (χ0v) is 5.96. The molecule has 0 aromatic carbocycles. The van der Waals surface area contributed by atoms with Gasteiger partial charge in [-0.15, -0.1) is 0 Å². The Morgan fingerprint density at radius 3 is 3.40 bits per heavy atom. The first-order chi connectivity index (χ1) is 4.97. The predicted molar refractivity (Wildman–Crippen MR) is 43.0 cm³/mol. The van der Waals surface area contributed by atoms with Crippen LogP contribution in [0.25, 0.3) is 0 Å². The first-order valence-corrected chi connectivity index (χ1v) is 3.82. The van der Waals surface area contributed by atoms with Crippen molar-refractivity contribution in [2.75, 3.05) is 6.54 Å². The Bertz CT molecular complexity index is 211. The van der Waals surface area contributed by atoms with E-state index in [2.05, 4.69) is 23.2 Å². The lowest BCUT2D eigenvalue weighted by atomic mass is 9.88. The van der Waals surface area contributed by atoms with Crippen LogP contribution in [0.15, 0.2) is 23.8 Å². The van der Waals surface area contributed by atoms with Gasteiger partial charge >= 0.3 is 0 Å². The molecule has 1 radical (unpaired) electrons. The Balaban J connectivity index is 2.26. The smallest absolute Gasteiger partial charge is 0.0874 e. The highest BCUT2D eigenvalue weighted by Gasteiger charge is 2.20. The molecule has 1 nitrogen and oxygen atoms in total. The second-order valence-electron chi connectivity index (χ2n) is 2.83. The summed E-state index contributed by atoms with van der Waals surface area (Å²) in [5.41, 5.74) is 1.57. The zero-order chi connectivity index (χ0) is 6.81. The van der Waals surface area contributed by atoms with Gasteiger partial charge in [0.05, 0.1) is 5.92 Å². The van der Waals surface area contributed by atoms with E-state index in [9.17, 15) is 0 Å². The summed E-state index contributed by atoms with van der Waals surface area (Å²) in [7, 11) is 0. The second-order valence-corrected chi connectivity index (χ2v) is 2.83. The fourth-order valence-electron chi connectivity index (χ4n) is 1.53. The third-order valence-corrected chi connectivity index (χ3v) is 2.14. The lowest BCUT2D eigenvalue weighted by molar-refractivity contribution is 0.663. The van der Waals surface area contributed by atoms with Gasteiger partial charge < -0.3 is 0 Å². The van der Waals surface area contributed by atoms with Crippen molar-refractivity contribution < 1.29 is 0 Å². The first-order valence-electron chi connectivity index (χ1n) is 3.82. The third kappa shape index (κ3) is 0.919. The maximum atomic E-state index is 4.21. The summed E-state index contributed by atoms with van der Waals surface area (Å²) < 4.78 is 0. The predicted octanol–water partition coefficient (Wildman–Crippen LogP) is 1.30. The van der Waals surface area contributed by atoms with Crippen LogP contribution in [-0.2, 0) is 0 Å². The average molecular weight is 133 g/mol. The van der Waals surface area contributed by atoms with E-state index >= 15 is 0 Å². The van der Waals surface area contributed by atoms with E-state index < -0.39 is 0 Å². The molecule has 2 aliphatic rings. The van der Waals surface area contributed by atoms with E-state index in [0.717, 1.165) is 6.54 Å². The molecule has 1 heteroatoms. The molecular weight excluding hydrogens is 122 g/mol. The molecule has 0 amide bonds. The monoisotopic (exact) mass is 133 g/mol. The molecule has 51 valence electrons. The summed E-state index contributed by atoms with van der Waals surface area (Å²) in [6, 6.07) is 0. The van der Waals surface area contributed by atoms with E-state index in [0.29, 0.717) is 5.92 Å². The molecule has 1 atom stereocenters. The fourth-order valence-corrected chi connectivity index (χ4v) is 1.53. The van der Waals surface area contributed by atoms with Crippen LogP contribution in [0.1, 0.15) is 12.8 Å². The lowest BCUT2D eigenvalue weighted by Crippen LogP contribution is -2.17. The number of rotatable bonds is 0. The number of dihydropyridines is 1. The molecule has 1 unspecified atom stereocenters. The van der Waals surface area contributed by atoms with Crippen LogP contribution in [0.5, 0.6) is 0 Å². The van der Waals surface area contributed by atoms with Crippen LogP contribution in [0.4, 0.5) is 0 Å². The van der Waals surface area contributed by atoms with Crippen molar-refractivity contribution in [2.45, 2.75) is 12.8 Å². The normalized spacial score (nSPS) is 29.6. The van der Waals surface area contributed by atoms with E-state index in [1.54, 1.807) is 5.57 Å². The van der Waals surface area contributed by atoms with Crippen molar-refractivity contribution in [3.05, 3.63) is 23.8 Å². The fraction of sp³-hybridized carbons (Fsp3) is 0.444. The highest BCUT2D eigenvalue weighted by atomic mass is 14.7. The Hall–Kier alpha value is -0.850. The van der Waals surface area contributed by atoms with Crippen LogP contribution < -0.4 is 4.99 Å². The molecule has 0 N–H and O–H groups in total. The summed E-state index contributed by atoms with van der Waals surface area (Å²) in [4.78, 5) is 4.21. The van der Waals surface area contributed by atoms with Crippen molar-refractivity contribution in [3.63, 3.8) is 0 Å². The quantitative estimate of drug-likeness (QED) is 0.442. The number of aliphatic imine (C=N–C) groups is 1. The van der Waals surface area contributed by atoms with Crippen molar-refractivity contribution in [2.24, 2.45) is 5.92 Å². The molecule has 1 aliphatic carbocycles. The topological polar surface area (TPSA) is 14.1 Å². The molecule has 0 bridgehead atoms. The first kappa shape index (κ1) is 5.90. The second kappa shape index (κ2) is 2.41. The number of allylic oxidation sites excluding steroid dienone is 2. The number of hydrogen-bond acceptors (Lipinski definition) is 1.